The van der Waals surface area contributed by atoms with E-state index in [-0.39, 0.29) is 11.5 Å². The van der Waals surface area contributed by atoms with E-state index in [1.165, 1.54) is 24.9 Å². The van der Waals surface area contributed by atoms with E-state index in [1.54, 1.807) is 13.0 Å². The van der Waals surface area contributed by atoms with Crippen molar-refractivity contribution in [1.29, 1.82) is 0 Å². The van der Waals surface area contributed by atoms with Crippen LogP contribution in [0.5, 0.6) is 0 Å². The summed E-state index contributed by atoms with van der Waals surface area (Å²) in [6.07, 6.45) is 0.308. The normalized spacial score (nSPS) is 10.0. The molecule has 0 fully saturated rings. The smallest absolute Gasteiger partial charge is 0.337 e. The van der Waals surface area contributed by atoms with Crippen LogP contribution in [0.25, 0.3) is 0 Å². The molecule has 1 heterocycles. The Hall–Kier alpha value is -1.56. The Bertz CT molecular complexity index is 433. The van der Waals surface area contributed by atoms with Gasteiger partial charge in [0.2, 0.25) is 0 Å². The summed E-state index contributed by atoms with van der Waals surface area (Å²) in [5, 5.41) is 9.53. The second kappa shape index (κ2) is 6.24. The van der Waals surface area contributed by atoms with Crippen molar-refractivity contribution in [3.8, 4) is 0 Å². The maximum atomic E-state index is 10.9. The van der Waals surface area contributed by atoms with Gasteiger partial charge in [-0.1, -0.05) is 0 Å². The molecule has 0 spiro atoms. The van der Waals surface area contributed by atoms with Crippen LogP contribution in [0.1, 0.15) is 22.5 Å². The molecule has 0 unspecified atom stereocenters. The van der Waals surface area contributed by atoms with Gasteiger partial charge < -0.3 is 9.84 Å². The van der Waals surface area contributed by atoms with Crippen LogP contribution in [0.15, 0.2) is 17.2 Å². The number of carbonyl (C=O) groups excluding carboxylic acids is 1. The molecule has 0 amide bonds. The van der Waals surface area contributed by atoms with Crippen LogP contribution in [0.2, 0.25) is 0 Å². The maximum Gasteiger partial charge on any atom is 0.337 e. The molecule has 0 saturated carbocycles. The van der Waals surface area contributed by atoms with Gasteiger partial charge in [0, 0.05) is 5.75 Å². The summed E-state index contributed by atoms with van der Waals surface area (Å²) in [7, 11) is 1.34. The summed E-state index contributed by atoms with van der Waals surface area (Å²) in [5.41, 5.74) is 0.669. The Morgan fingerprint density at radius 1 is 1.47 bits per heavy atom. The molecular formula is C11H13NO4S. The van der Waals surface area contributed by atoms with Gasteiger partial charge in [0.25, 0.3) is 0 Å². The molecule has 0 bridgehead atoms. The Morgan fingerprint density at radius 2 is 2.18 bits per heavy atom. The van der Waals surface area contributed by atoms with E-state index in [1.807, 2.05) is 0 Å². The highest BCUT2D eigenvalue weighted by atomic mass is 32.2. The molecule has 5 nitrogen and oxygen atoms in total. The third kappa shape index (κ3) is 4.07. The number of carboxylic acids is 1. The Morgan fingerprint density at radius 3 is 2.71 bits per heavy atom. The minimum Gasteiger partial charge on any atom is -0.478 e. The van der Waals surface area contributed by atoms with E-state index in [2.05, 4.69) is 9.72 Å². The van der Waals surface area contributed by atoms with E-state index in [0.29, 0.717) is 22.9 Å². The van der Waals surface area contributed by atoms with Crippen LogP contribution in [-0.4, -0.2) is 34.9 Å². The van der Waals surface area contributed by atoms with Crippen molar-refractivity contribution < 1.29 is 19.4 Å². The monoisotopic (exact) mass is 255 g/mol. The number of carboxylic acid groups (broad SMARTS) is 1. The third-order valence-electron chi connectivity index (χ3n) is 2.07. The number of methoxy groups -OCH3 is 1. The summed E-state index contributed by atoms with van der Waals surface area (Å²) in [6.45, 7) is 1.65. The molecule has 92 valence electrons. The van der Waals surface area contributed by atoms with Crippen LogP contribution in [0.3, 0.4) is 0 Å². The number of thioether (sulfide) groups is 1. The molecule has 0 radical (unpaired) electrons. The van der Waals surface area contributed by atoms with Crippen molar-refractivity contribution in [3.63, 3.8) is 0 Å². The number of pyridine rings is 1. The van der Waals surface area contributed by atoms with E-state index >= 15 is 0 Å². The molecule has 0 aromatic carbocycles. The van der Waals surface area contributed by atoms with Crippen LogP contribution in [0.4, 0.5) is 0 Å². The molecule has 0 saturated heterocycles. The highest BCUT2D eigenvalue weighted by Crippen LogP contribution is 2.18. The fraction of sp³-hybridized carbons (Fsp3) is 0.364. The lowest BCUT2D eigenvalue weighted by molar-refractivity contribution is -0.140. The van der Waals surface area contributed by atoms with Crippen molar-refractivity contribution in [2.75, 3.05) is 12.9 Å². The zero-order valence-electron chi connectivity index (χ0n) is 9.60. The number of hydrogen-bond donors (Lipinski definition) is 1. The van der Waals surface area contributed by atoms with Crippen molar-refractivity contribution in [3.05, 3.63) is 23.4 Å². The number of rotatable bonds is 5. The zero-order chi connectivity index (χ0) is 12.8. The zero-order valence-corrected chi connectivity index (χ0v) is 10.4. The maximum absolute atomic E-state index is 10.9. The molecule has 17 heavy (non-hydrogen) atoms. The molecule has 1 aromatic heterocycles. The van der Waals surface area contributed by atoms with Gasteiger partial charge in [0.15, 0.2) is 0 Å². The number of aromatic carboxylic acids is 1. The second-order valence-corrected chi connectivity index (χ2v) is 4.38. The first-order valence-electron chi connectivity index (χ1n) is 4.95. The number of ether oxygens (including phenoxy) is 1. The number of nitrogens with zero attached hydrogens (tertiary/aromatic N) is 1. The fourth-order valence-corrected chi connectivity index (χ4v) is 2.03. The number of aryl methyl sites for hydroxylation is 1. The van der Waals surface area contributed by atoms with Crippen LogP contribution < -0.4 is 0 Å². The highest BCUT2D eigenvalue weighted by molar-refractivity contribution is 7.99. The SMILES string of the molecule is COC(=O)CCSc1ccc(C(=O)O)c(C)n1. The van der Waals surface area contributed by atoms with E-state index in [0.717, 1.165) is 0 Å². The summed E-state index contributed by atoms with van der Waals surface area (Å²) < 4.78 is 4.51. The van der Waals surface area contributed by atoms with Gasteiger partial charge in [-0.25, -0.2) is 9.78 Å². The van der Waals surface area contributed by atoms with Crippen LogP contribution >= 0.6 is 11.8 Å². The van der Waals surface area contributed by atoms with E-state index in [4.69, 9.17) is 5.11 Å². The van der Waals surface area contributed by atoms with Gasteiger partial charge >= 0.3 is 11.9 Å². The van der Waals surface area contributed by atoms with Crippen molar-refractivity contribution in [2.24, 2.45) is 0 Å². The summed E-state index contributed by atoms with van der Waals surface area (Å²) in [5.74, 6) is -0.691. The third-order valence-corrected chi connectivity index (χ3v) is 3.01. The largest absolute Gasteiger partial charge is 0.478 e. The average Bonchev–Trinajstić information content (AvgIpc) is 2.28. The van der Waals surface area contributed by atoms with Crippen molar-refractivity contribution in [2.45, 2.75) is 18.4 Å². The van der Waals surface area contributed by atoms with Gasteiger partial charge in [0.05, 0.1) is 29.8 Å². The minimum atomic E-state index is -0.985. The molecular weight excluding hydrogens is 242 g/mol. The predicted octanol–water partition coefficient (Wildman–Crippen LogP) is 1.74. The molecule has 1 N–H and O–H groups in total. The first-order valence-corrected chi connectivity index (χ1v) is 5.93. The number of aromatic nitrogens is 1. The van der Waals surface area contributed by atoms with Gasteiger partial charge in [-0.15, -0.1) is 11.8 Å². The lowest BCUT2D eigenvalue weighted by atomic mass is 10.2. The van der Waals surface area contributed by atoms with Crippen LogP contribution in [0, 0.1) is 6.92 Å². The molecule has 0 aliphatic heterocycles. The Kier molecular flexibility index (Phi) is 4.96. The summed E-state index contributed by atoms with van der Waals surface area (Å²) in [6, 6.07) is 3.16. The molecule has 0 aliphatic carbocycles. The topological polar surface area (TPSA) is 76.5 Å². The first-order chi connectivity index (χ1) is 8.04. The van der Waals surface area contributed by atoms with Gasteiger partial charge in [-0.2, -0.15) is 0 Å². The number of esters is 1. The van der Waals surface area contributed by atoms with Gasteiger partial charge in [-0.3, -0.25) is 4.79 Å². The predicted molar refractivity (Wildman–Crippen MR) is 63.3 cm³/mol. The summed E-state index contributed by atoms with van der Waals surface area (Å²) >= 11 is 1.39. The van der Waals surface area contributed by atoms with Crippen LogP contribution in [-0.2, 0) is 9.53 Å². The Balaban J connectivity index is 2.59. The van der Waals surface area contributed by atoms with E-state index in [9.17, 15) is 9.59 Å². The molecule has 0 atom stereocenters. The second-order valence-electron chi connectivity index (χ2n) is 3.26. The molecule has 1 rings (SSSR count). The summed E-state index contributed by atoms with van der Waals surface area (Å²) in [4.78, 5) is 25.8. The van der Waals surface area contributed by atoms with Crippen molar-refractivity contribution >= 4 is 23.7 Å². The lowest BCUT2D eigenvalue weighted by Gasteiger charge is -2.04. The quantitative estimate of drug-likeness (QED) is 0.638. The van der Waals surface area contributed by atoms with Gasteiger partial charge in [0.1, 0.15) is 0 Å². The fourth-order valence-electron chi connectivity index (χ4n) is 1.19. The van der Waals surface area contributed by atoms with Crippen molar-refractivity contribution in [1.82, 2.24) is 4.98 Å². The highest BCUT2D eigenvalue weighted by Gasteiger charge is 2.09. The standard InChI is InChI=1S/C11H13NO4S/c1-7-8(11(14)15)3-4-9(12-7)17-6-5-10(13)16-2/h3-4H,5-6H2,1-2H3,(H,14,15). The van der Waals surface area contributed by atoms with E-state index < -0.39 is 5.97 Å². The first kappa shape index (κ1) is 13.5. The Labute approximate surface area is 103 Å². The lowest BCUT2D eigenvalue weighted by Crippen LogP contribution is -2.03. The average molecular weight is 255 g/mol. The van der Waals surface area contributed by atoms with Gasteiger partial charge in [-0.05, 0) is 19.1 Å². The molecule has 1 aromatic rings. The molecule has 6 heteroatoms. The molecule has 0 aliphatic rings. The number of hydrogen-bond acceptors (Lipinski definition) is 5. The number of carbonyl (C=O) groups is 2. The minimum absolute atomic E-state index is 0.197.